The molecule has 1 N–H and O–H groups in total. The maximum atomic E-state index is 13.3. The highest BCUT2D eigenvalue weighted by Gasteiger charge is 2.42. The molecule has 1 spiro atoms. The maximum Gasteiger partial charge on any atom is 0.416 e. The van der Waals surface area contributed by atoms with E-state index in [9.17, 15) is 21.6 Å². The third-order valence-corrected chi connectivity index (χ3v) is 8.54. The van der Waals surface area contributed by atoms with Crippen LogP contribution in [0.2, 0.25) is 0 Å². The van der Waals surface area contributed by atoms with Crippen molar-refractivity contribution in [2.75, 3.05) is 31.1 Å². The number of hydrogen-bond donors (Lipinski definition) is 1. The Morgan fingerprint density at radius 2 is 1.83 bits per heavy atom. The van der Waals surface area contributed by atoms with E-state index in [2.05, 4.69) is 10.2 Å². The number of benzene rings is 1. The second kappa shape index (κ2) is 8.31. The molecule has 1 aromatic carbocycles. The van der Waals surface area contributed by atoms with E-state index in [0.29, 0.717) is 19.4 Å². The summed E-state index contributed by atoms with van der Waals surface area (Å²) in [6, 6.07) is 3.74. The molecule has 1 aromatic rings. The number of nitrogens with zero attached hydrogens (tertiary/aromatic N) is 1. The zero-order valence-electron chi connectivity index (χ0n) is 17.0. The van der Waals surface area contributed by atoms with Gasteiger partial charge in [0.05, 0.1) is 17.1 Å². The van der Waals surface area contributed by atoms with Crippen LogP contribution in [-0.4, -0.2) is 56.1 Å². The van der Waals surface area contributed by atoms with Crippen molar-refractivity contribution in [2.45, 2.75) is 62.9 Å². The predicted octanol–water partition coefficient (Wildman–Crippen LogP) is 3.38. The standard InChI is InChI=1S/C21H29F3N2O3S/c22-21(23,24)17-3-2-16(15-26-11-1-6-20(26)7-9-25-10-8-20)19(14-17)29-18-4-12-30(27,28)13-5-18/h2-3,14,18,25H,1,4-13,15H2. The van der Waals surface area contributed by atoms with E-state index < -0.39 is 21.6 Å². The van der Waals surface area contributed by atoms with Gasteiger partial charge in [-0.15, -0.1) is 0 Å². The SMILES string of the molecule is O=S1(=O)CCC(Oc2cc(C(F)(F)F)ccc2CN2CCCC23CCNCC3)CC1. The largest absolute Gasteiger partial charge is 0.490 e. The number of alkyl halides is 3. The number of rotatable bonds is 4. The lowest BCUT2D eigenvalue weighted by Gasteiger charge is -2.42. The topological polar surface area (TPSA) is 58.6 Å². The number of piperidine rings is 1. The molecule has 3 heterocycles. The fourth-order valence-electron chi connectivity index (χ4n) is 5.04. The zero-order chi connectivity index (χ0) is 21.4. The minimum atomic E-state index is -4.45. The van der Waals surface area contributed by atoms with E-state index in [1.807, 2.05) is 0 Å². The first-order chi connectivity index (χ1) is 14.2. The molecule has 3 aliphatic heterocycles. The molecule has 0 amide bonds. The highest BCUT2D eigenvalue weighted by Crippen LogP contribution is 2.40. The van der Waals surface area contributed by atoms with Gasteiger partial charge in [0, 0.05) is 17.6 Å². The Labute approximate surface area is 175 Å². The van der Waals surface area contributed by atoms with Crippen LogP contribution in [0.15, 0.2) is 18.2 Å². The fourth-order valence-corrected chi connectivity index (χ4v) is 6.49. The molecule has 9 heteroatoms. The van der Waals surface area contributed by atoms with Gasteiger partial charge in [-0.25, -0.2) is 8.42 Å². The number of sulfone groups is 1. The number of hydrogen-bond acceptors (Lipinski definition) is 5. The van der Waals surface area contributed by atoms with E-state index in [1.165, 1.54) is 6.07 Å². The highest BCUT2D eigenvalue weighted by molar-refractivity contribution is 7.91. The summed E-state index contributed by atoms with van der Waals surface area (Å²) in [5.74, 6) is 0.285. The van der Waals surface area contributed by atoms with E-state index in [-0.39, 0.29) is 28.9 Å². The van der Waals surface area contributed by atoms with Crippen molar-refractivity contribution < 1.29 is 26.3 Å². The third kappa shape index (κ3) is 4.78. The fraction of sp³-hybridized carbons (Fsp3) is 0.714. The average molecular weight is 447 g/mol. The van der Waals surface area contributed by atoms with Gasteiger partial charge in [0.15, 0.2) is 9.84 Å². The summed E-state index contributed by atoms with van der Waals surface area (Å²) in [4.78, 5) is 2.41. The monoisotopic (exact) mass is 446 g/mol. The molecule has 0 saturated carbocycles. The lowest BCUT2D eigenvalue weighted by molar-refractivity contribution is -0.137. The molecule has 3 fully saturated rings. The van der Waals surface area contributed by atoms with Crippen molar-refractivity contribution in [3.8, 4) is 5.75 Å². The van der Waals surface area contributed by atoms with Crippen LogP contribution in [-0.2, 0) is 22.6 Å². The molecule has 0 aromatic heterocycles. The molecule has 0 bridgehead atoms. The van der Waals surface area contributed by atoms with Crippen LogP contribution in [0.4, 0.5) is 13.2 Å². The first-order valence-corrected chi connectivity index (χ1v) is 12.5. The van der Waals surface area contributed by atoms with Crippen molar-refractivity contribution in [3.05, 3.63) is 29.3 Å². The lowest BCUT2D eigenvalue weighted by atomic mass is 9.85. The summed E-state index contributed by atoms with van der Waals surface area (Å²) in [6.45, 7) is 3.41. The Morgan fingerprint density at radius 1 is 1.13 bits per heavy atom. The summed E-state index contributed by atoms with van der Waals surface area (Å²) in [7, 11) is -3.06. The predicted molar refractivity (Wildman–Crippen MR) is 108 cm³/mol. The molecule has 0 atom stereocenters. The van der Waals surface area contributed by atoms with Crippen LogP contribution in [0.1, 0.15) is 49.7 Å². The van der Waals surface area contributed by atoms with E-state index in [0.717, 1.165) is 63.0 Å². The van der Waals surface area contributed by atoms with Gasteiger partial charge < -0.3 is 10.1 Å². The summed E-state index contributed by atoms with van der Waals surface area (Å²) >= 11 is 0. The van der Waals surface area contributed by atoms with Crippen molar-refractivity contribution in [2.24, 2.45) is 0 Å². The van der Waals surface area contributed by atoms with E-state index >= 15 is 0 Å². The second-order valence-electron chi connectivity index (χ2n) is 8.79. The minimum Gasteiger partial charge on any atom is -0.490 e. The summed E-state index contributed by atoms with van der Waals surface area (Å²) in [5, 5.41) is 3.39. The number of ether oxygens (including phenoxy) is 1. The van der Waals surface area contributed by atoms with Crippen molar-refractivity contribution >= 4 is 9.84 Å². The van der Waals surface area contributed by atoms with Crippen LogP contribution in [0.3, 0.4) is 0 Å². The highest BCUT2D eigenvalue weighted by atomic mass is 32.2. The van der Waals surface area contributed by atoms with Gasteiger partial charge >= 0.3 is 6.18 Å². The molecule has 4 rings (SSSR count). The van der Waals surface area contributed by atoms with Crippen LogP contribution in [0.25, 0.3) is 0 Å². The Bertz CT molecular complexity index is 853. The molecular weight excluding hydrogens is 417 g/mol. The summed E-state index contributed by atoms with van der Waals surface area (Å²) in [6.07, 6.45) is 0.116. The maximum absolute atomic E-state index is 13.3. The third-order valence-electron chi connectivity index (χ3n) is 6.83. The van der Waals surface area contributed by atoms with Crippen molar-refractivity contribution in [3.63, 3.8) is 0 Å². The molecule has 30 heavy (non-hydrogen) atoms. The van der Waals surface area contributed by atoms with Crippen LogP contribution < -0.4 is 10.1 Å². The Morgan fingerprint density at radius 3 is 2.50 bits per heavy atom. The summed E-state index contributed by atoms with van der Waals surface area (Å²) < 4.78 is 69.3. The Hall–Kier alpha value is -1.32. The quantitative estimate of drug-likeness (QED) is 0.769. The molecule has 3 saturated heterocycles. The molecular formula is C21H29F3N2O3S. The molecule has 0 radical (unpaired) electrons. The lowest BCUT2D eigenvalue weighted by Crippen LogP contribution is -2.50. The normalized spacial score (nSPS) is 24.9. The first-order valence-electron chi connectivity index (χ1n) is 10.7. The van der Waals surface area contributed by atoms with Crippen LogP contribution in [0.5, 0.6) is 5.75 Å². The van der Waals surface area contributed by atoms with Crippen LogP contribution in [0, 0.1) is 0 Å². The first kappa shape index (κ1) is 21.9. The zero-order valence-corrected chi connectivity index (χ0v) is 17.8. The molecule has 168 valence electrons. The number of likely N-dealkylation sites (tertiary alicyclic amines) is 1. The van der Waals surface area contributed by atoms with Gasteiger partial charge in [0.2, 0.25) is 0 Å². The van der Waals surface area contributed by atoms with Gasteiger partial charge in [-0.2, -0.15) is 13.2 Å². The van der Waals surface area contributed by atoms with Crippen molar-refractivity contribution in [1.29, 1.82) is 0 Å². The number of nitrogens with one attached hydrogen (secondary N) is 1. The van der Waals surface area contributed by atoms with Gasteiger partial charge in [-0.3, -0.25) is 4.90 Å². The van der Waals surface area contributed by atoms with Gasteiger partial charge in [-0.05, 0) is 70.3 Å². The Balaban J connectivity index is 1.57. The van der Waals surface area contributed by atoms with E-state index in [4.69, 9.17) is 4.74 Å². The number of halogens is 3. The Kier molecular flexibility index (Phi) is 6.07. The smallest absolute Gasteiger partial charge is 0.416 e. The molecule has 0 aliphatic carbocycles. The minimum absolute atomic E-state index is 0.0220. The molecule has 0 unspecified atom stereocenters. The summed E-state index contributed by atoms with van der Waals surface area (Å²) in [5.41, 5.74) is 0.128. The second-order valence-corrected chi connectivity index (χ2v) is 11.1. The molecule has 5 nitrogen and oxygen atoms in total. The van der Waals surface area contributed by atoms with Gasteiger partial charge in [-0.1, -0.05) is 6.07 Å². The van der Waals surface area contributed by atoms with Gasteiger partial charge in [0.1, 0.15) is 11.9 Å². The van der Waals surface area contributed by atoms with Crippen molar-refractivity contribution in [1.82, 2.24) is 10.2 Å². The van der Waals surface area contributed by atoms with E-state index in [1.54, 1.807) is 0 Å². The molecule has 3 aliphatic rings. The van der Waals surface area contributed by atoms with Crippen LogP contribution >= 0.6 is 0 Å². The van der Waals surface area contributed by atoms with Gasteiger partial charge in [0.25, 0.3) is 0 Å². The average Bonchev–Trinajstić information content (AvgIpc) is 3.06.